The molecule has 2 aliphatic heterocycles. The maximum atomic E-state index is 12.4. The Labute approximate surface area is 99.4 Å². The molecule has 3 aliphatic rings. The first-order valence-electron chi connectivity index (χ1n) is 6.08. The minimum atomic E-state index is -0.717. The standard InChI is InChI=1S/C11H17N3O3/c12-9(13-16)11(3-4-11)10(15)14-5-7-1-2-8(6-14)17-7/h7-8,16H,1-6H2,(H2,12,13). The summed E-state index contributed by atoms with van der Waals surface area (Å²) in [5.74, 6) is 0.0642. The second-order valence-electron chi connectivity index (χ2n) is 5.23. The highest BCUT2D eigenvalue weighted by Gasteiger charge is 2.56. The molecular formula is C11H17N3O3. The zero-order valence-electron chi connectivity index (χ0n) is 9.63. The molecule has 2 heterocycles. The Kier molecular flexibility index (Phi) is 2.29. The van der Waals surface area contributed by atoms with Crippen LogP contribution in [0.25, 0.3) is 0 Å². The molecule has 2 saturated heterocycles. The van der Waals surface area contributed by atoms with Crippen molar-refractivity contribution >= 4 is 11.7 Å². The number of ether oxygens (including phenoxy) is 1. The van der Waals surface area contributed by atoms with Crippen LogP contribution in [0.15, 0.2) is 5.16 Å². The van der Waals surface area contributed by atoms with Crippen LogP contribution in [-0.4, -0.2) is 47.1 Å². The van der Waals surface area contributed by atoms with E-state index in [0.717, 1.165) is 12.8 Å². The van der Waals surface area contributed by atoms with Gasteiger partial charge in [0.1, 0.15) is 5.41 Å². The topological polar surface area (TPSA) is 88.2 Å². The molecule has 94 valence electrons. The Morgan fingerprint density at radius 3 is 2.41 bits per heavy atom. The zero-order valence-corrected chi connectivity index (χ0v) is 9.63. The third kappa shape index (κ3) is 1.58. The molecule has 1 amide bonds. The molecule has 3 N–H and O–H groups in total. The maximum Gasteiger partial charge on any atom is 0.236 e. The van der Waals surface area contributed by atoms with Gasteiger partial charge in [-0.1, -0.05) is 5.16 Å². The molecule has 6 nitrogen and oxygen atoms in total. The Hall–Kier alpha value is -1.30. The van der Waals surface area contributed by atoms with Crippen molar-refractivity contribution in [2.24, 2.45) is 16.3 Å². The van der Waals surface area contributed by atoms with Crippen LogP contribution in [-0.2, 0) is 9.53 Å². The first kappa shape index (κ1) is 10.8. The van der Waals surface area contributed by atoms with E-state index in [1.807, 2.05) is 4.90 Å². The Balaban J connectivity index is 1.75. The number of hydrogen-bond donors (Lipinski definition) is 2. The molecule has 0 aromatic rings. The number of rotatable bonds is 2. The molecule has 0 aromatic heterocycles. The van der Waals surface area contributed by atoms with Gasteiger partial charge < -0.3 is 20.6 Å². The molecule has 1 saturated carbocycles. The average molecular weight is 239 g/mol. The number of amidine groups is 1. The maximum absolute atomic E-state index is 12.4. The molecule has 0 aromatic carbocycles. The van der Waals surface area contributed by atoms with Gasteiger partial charge in [-0.05, 0) is 25.7 Å². The molecule has 2 unspecified atom stereocenters. The van der Waals surface area contributed by atoms with Crippen molar-refractivity contribution in [1.82, 2.24) is 4.90 Å². The highest BCUT2D eigenvalue weighted by molar-refractivity contribution is 6.09. The molecule has 2 atom stereocenters. The number of hydrogen-bond acceptors (Lipinski definition) is 4. The molecule has 3 fully saturated rings. The van der Waals surface area contributed by atoms with E-state index in [-0.39, 0.29) is 24.0 Å². The lowest BCUT2D eigenvalue weighted by Crippen LogP contribution is -2.51. The Bertz CT molecular complexity index is 366. The number of amides is 1. The SMILES string of the molecule is NC(=NO)C1(C(=O)N2CC3CCC(C2)O3)CC1. The van der Waals surface area contributed by atoms with E-state index in [2.05, 4.69) is 5.16 Å². The summed E-state index contributed by atoms with van der Waals surface area (Å²) < 4.78 is 5.69. The molecule has 3 rings (SSSR count). The van der Waals surface area contributed by atoms with E-state index in [0.29, 0.717) is 25.9 Å². The highest BCUT2D eigenvalue weighted by atomic mass is 16.5. The van der Waals surface area contributed by atoms with Gasteiger partial charge in [0, 0.05) is 13.1 Å². The van der Waals surface area contributed by atoms with Crippen LogP contribution < -0.4 is 5.73 Å². The molecule has 2 bridgehead atoms. The summed E-state index contributed by atoms with van der Waals surface area (Å²) in [4.78, 5) is 14.2. The third-order valence-corrected chi connectivity index (χ3v) is 4.09. The van der Waals surface area contributed by atoms with Gasteiger partial charge in [-0.25, -0.2) is 0 Å². The lowest BCUT2D eigenvalue weighted by molar-refractivity contribution is -0.143. The number of nitrogens with zero attached hydrogens (tertiary/aromatic N) is 2. The Morgan fingerprint density at radius 1 is 1.35 bits per heavy atom. The van der Waals surface area contributed by atoms with Crippen molar-refractivity contribution in [2.45, 2.75) is 37.9 Å². The lowest BCUT2D eigenvalue weighted by Gasteiger charge is -2.34. The fourth-order valence-corrected chi connectivity index (χ4v) is 2.88. The summed E-state index contributed by atoms with van der Waals surface area (Å²) in [6.45, 7) is 1.30. The predicted octanol–water partition coefficient (Wildman–Crippen LogP) is -0.0972. The van der Waals surface area contributed by atoms with Crippen LogP contribution in [0.2, 0.25) is 0 Å². The summed E-state index contributed by atoms with van der Waals surface area (Å²) in [7, 11) is 0. The van der Waals surface area contributed by atoms with Crippen LogP contribution in [0.3, 0.4) is 0 Å². The number of nitrogens with two attached hydrogens (primary N) is 1. The Morgan fingerprint density at radius 2 is 1.94 bits per heavy atom. The fourth-order valence-electron chi connectivity index (χ4n) is 2.88. The number of carbonyl (C=O) groups excluding carboxylic acids is 1. The quantitative estimate of drug-likeness (QED) is 0.305. The van der Waals surface area contributed by atoms with E-state index in [1.54, 1.807) is 0 Å². The van der Waals surface area contributed by atoms with Crippen molar-refractivity contribution < 1.29 is 14.7 Å². The molecule has 17 heavy (non-hydrogen) atoms. The van der Waals surface area contributed by atoms with Gasteiger partial charge in [0.05, 0.1) is 12.2 Å². The highest BCUT2D eigenvalue weighted by Crippen LogP contribution is 2.48. The number of fused-ring (bicyclic) bond motifs is 2. The van der Waals surface area contributed by atoms with Gasteiger partial charge in [0.2, 0.25) is 5.91 Å². The summed E-state index contributed by atoms with van der Waals surface area (Å²) in [6.07, 6.45) is 3.81. The van der Waals surface area contributed by atoms with Crippen LogP contribution in [0.1, 0.15) is 25.7 Å². The van der Waals surface area contributed by atoms with Crippen molar-refractivity contribution in [3.05, 3.63) is 0 Å². The minimum Gasteiger partial charge on any atom is -0.409 e. The van der Waals surface area contributed by atoms with E-state index < -0.39 is 5.41 Å². The van der Waals surface area contributed by atoms with Crippen molar-refractivity contribution in [3.8, 4) is 0 Å². The van der Waals surface area contributed by atoms with Crippen molar-refractivity contribution in [2.75, 3.05) is 13.1 Å². The van der Waals surface area contributed by atoms with Crippen LogP contribution in [0.4, 0.5) is 0 Å². The number of likely N-dealkylation sites (tertiary alicyclic amines) is 1. The number of carbonyl (C=O) groups is 1. The smallest absolute Gasteiger partial charge is 0.236 e. The normalized spacial score (nSPS) is 34.8. The van der Waals surface area contributed by atoms with Crippen LogP contribution in [0.5, 0.6) is 0 Å². The number of oxime groups is 1. The van der Waals surface area contributed by atoms with Gasteiger partial charge in [-0.15, -0.1) is 0 Å². The average Bonchev–Trinajstić information content (AvgIpc) is 3.09. The van der Waals surface area contributed by atoms with Crippen molar-refractivity contribution in [1.29, 1.82) is 0 Å². The summed E-state index contributed by atoms with van der Waals surface area (Å²) >= 11 is 0. The summed E-state index contributed by atoms with van der Waals surface area (Å²) in [5.41, 5.74) is 4.91. The second-order valence-corrected chi connectivity index (χ2v) is 5.23. The summed E-state index contributed by atoms with van der Waals surface area (Å²) in [6, 6.07) is 0. The second kappa shape index (κ2) is 3.60. The molecule has 1 aliphatic carbocycles. The first-order valence-corrected chi connectivity index (χ1v) is 6.08. The van der Waals surface area contributed by atoms with E-state index in [9.17, 15) is 4.79 Å². The third-order valence-electron chi connectivity index (χ3n) is 4.09. The minimum absolute atomic E-state index is 0.00741. The molecule has 0 radical (unpaired) electrons. The van der Waals surface area contributed by atoms with Crippen molar-refractivity contribution in [3.63, 3.8) is 0 Å². The van der Waals surface area contributed by atoms with E-state index >= 15 is 0 Å². The zero-order chi connectivity index (χ0) is 12.0. The van der Waals surface area contributed by atoms with Gasteiger partial charge in [0.25, 0.3) is 0 Å². The molecular weight excluding hydrogens is 222 g/mol. The monoisotopic (exact) mass is 239 g/mol. The number of morpholine rings is 1. The molecule has 6 heteroatoms. The van der Waals surface area contributed by atoms with E-state index in [4.69, 9.17) is 15.7 Å². The van der Waals surface area contributed by atoms with Crippen LogP contribution >= 0.6 is 0 Å². The van der Waals surface area contributed by atoms with Crippen LogP contribution in [0, 0.1) is 5.41 Å². The van der Waals surface area contributed by atoms with Gasteiger partial charge in [-0.3, -0.25) is 4.79 Å². The summed E-state index contributed by atoms with van der Waals surface area (Å²) in [5, 5.41) is 11.7. The van der Waals surface area contributed by atoms with Gasteiger partial charge in [0.15, 0.2) is 5.84 Å². The predicted molar refractivity (Wildman–Crippen MR) is 59.6 cm³/mol. The molecule has 0 spiro atoms. The first-order chi connectivity index (χ1) is 8.15. The van der Waals surface area contributed by atoms with Gasteiger partial charge >= 0.3 is 0 Å². The van der Waals surface area contributed by atoms with Gasteiger partial charge in [-0.2, -0.15) is 0 Å². The largest absolute Gasteiger partial charge is 0.409 e. The lowest BCUT2D eigenvalue weighted by atomic mass is 10.0. The van der Waals surface area contributed by atoms with E-state index in [1.165, 1.54) is 0 Å². The fraction of sp³-hybridized carbons (Fsp3) is 0.818.